The van der Waals surface area contributed by atoms with Crippen LogP contribution in [0.2, 0.25) is 0 Å². The van der Waals surface area contributed by atoms with Crippen molar-refractivity contribution >= 4 is 23.7 Å². The normalized spacial score (nSPS) is 11.6. The fourth-order valence-corrected chi connectivity index (χ4v) is 3.46. The van der Waals surface area contributed by atoms with Crippen LogP contribution in [0.3, 0.4) is 0 Å². The third kappa shape index (κ3) is 3.78. The van der Waals surface area contributed by atoms with Gasteiger partial charge in [0.15, 0.2) is 0 Å². The molecule has 0 unspecified atom stereocenters. The Morgan fingerprint density at radius 1 is 1.21 bits per heavy atom. The number of halogens is 2. The number of hydrogen-bond donors (Lipinski definition) is 0. The summed E-state index contributed by atoms with van der Waals surface area (Å²) >= 11 is -1.97. The summed E-state index contributed by atoms with van der Waals surface area (Å²) in [4.78, 5) is 0. The van der Waals surface area contributed by atoms with E-state index in [1.54, 1.807) is 0 Å². The second kappa shape index (κ2) is 5.97. The van der Waals surface area contributed by atoms with Gasteiger partial charge in [0.25, 0.3) is 0 Å². The summed E-state index contributed by atoms with van der Waals surface area (Å²) in [5.74, 6) is 0. The molecule has 1 rings (SSSR count). The van der Waals surface area contributed by atoms with Crippen molar-refractivity contribution in [3.05, 3.63) is 35.9 Å². The second-order valence-corrected chi connectivity index (χ2v) is 8.65. The molecular weight excluding hydrogens is 308 g/mol. The van der Waals surface area contributed by atoms with Crippen LogP contribution < -0.4 is 0 Å². The Hall–Kier alpha value is 0.253. The SMILES string of the molecule is CC(C)O[C](c1ccccc1)=[Ru]([Cl])[Cl]. The first-order valence-corrected chi connectivity index (χ1v) is 9.54. The molecule has 0 radical (unpaired) electrons. The van der Waals surface area contributed by atoms with E-state index in [0.29, 0.717) is 0 Å². The monoisotopic (exact) mass is 320 g/mol. The van der Waals surface area contributed by atoms with E-state index in [1.807, 2.05) is 44.2 Å². The quantitative estimate of drug-likeness (QED) is 0.775. The topological polar surface area (TPSA) is 9.23 Å². The molecule has 0 aliphatic carbocycles. The first kappa shape index (κ1) is 12.3. The maximum atomic E-state index is 5.97. The van der Waals surface area contributed by atoms with E-state index in [4.69, 9.17) is 24.1 Å². The molecule has 0 heterocycles. The molecule has 80 valence electrons. The van der Waals surface area contributed by atoms with E-state index in [2.05, 4.69) is 0 Å². The van der Waals surface area contributed by atoms with Crippen molar-refractivity contribution in [1.29, 1.82) is 0 Å². The van der Waals surface area contributed by atoms with Crippen LogP contribution in [0.15, 0.2) is 30.3 Å². The summed E-state index contributed by atoms with van der Waals surface area (Å²) in [6, 6.07) is 9.78. The number of benzene rings is 1. The molecule has 0 fully saturated rings. The third-order valence-electron chi connectivity index (χ3n) is 1.45. The van der Waals surface area contributed by atoms with Gasteiger partial charge in [0.05, 0.1) is 0 Å². The van der Waals surface area contributed by atoms with Gasteiger partial charge < -0.3 is 0 Å². The van der Waals surface area contributed by atoms with Gasteiger partial charge in [-0.1, -0.05) is 0 Å². The fourth-order valence-electron chi connectivity index (χ4n) is 0.943. The van der Waals surface area contributed by atoms with Crippen molar-refractivity contribution in [2.45, 2.75) is 20.0 Å². The molecule has 14 heavy (non-hydrogen) atoms. The van der Waals surface area contributed by atoms with E-state index in [1.165, 1.54) is 0 Å². The molecule has 0 spiro atoms. The Morgan fingerprint density at radius 3 is 2.21 bits per heavy atom. The molecule has 0 aliphatic rings. The van der Waals surface area contributed by atoms with Crippen LogP contribution in [0.5, 0.6) is 0 Å². The minimum atomic E-state index is -1.97. The Morgan fingerprint density at radius 2 is 1.79 bits per heavy atom. The van der Waals surface area contributed by atoms with Gasteiger partial charge in [0, 0.05) is 0 Å². The Bertz CT molecular complexity index is 318. The summed E-state index contributed by atoms with van der Waals surface area (Å²) in [7, 11) is 11.9. The molecule has 0 N–H and O–H groups in total. The van der Waals surface area contributed by atoms with Gasteiger partial charge in [0.2, 0.25) is 0 Å². The van der Waals surface area contributed by atoms with Crippen LogP contribution in [0.4, 0.5) is 0 Å². The van der Waals surface area contributed by atoms with Gasteiger partial charge in [-0.25, -0.2) is 0 Å². The van der Waals surface area contributed by atoms with Crippen LogP contribution in [0.25, 0.3) is 0 Å². The maximum absolute atomic E-state index is 5.97. The van der Waals surface area contributed by atoms with Crippen LogP contribution in [-0.2, 0) is 18.3 Å². The van der Waals surface area contributed by atoms with Gasteiger partial charge in [-0.05, 0) is 0 Å². The first-order valence-electron chi connectivity index (χ1n) is 4.20. The Balaban J connectivity index is 2.97. The summed E-state index contributed by atoms with van der Waals surface area (Å²) < 4.78 is 6.37. The van der Waals surface area contributed by atoms with Crippen LogP contribution >= 0.6 is 19.4 Å². The zero-order chi connectivity index (χ0) is 10.6. The average Bonchev–Trinajstić information content (AvgIpc) is 2.15. The molecule has 0 saturated carbocycles. The average molecular weight is 320 g/mol. The zero-order valence-electron chi connectivity index (χ0n) is 7.98. The van der Waals surface area contributed by atoms with Crippen LogP contribution in [0, 0.1) is 0 Å². The van der Waals surface area contributed by atoms with Crippen molar-refractivity contribution in [3.63, 3.8) is 0 Å². The van der Waals surface area contributed by atoms with Gasteiger partial charge >= 0.3 is 97.8 Å². The summed E-state index contributed by atoms with van der Waals surface area (Å²) in [5.41, 5.74) is 0.991. The molecule has 1 nitrogen and oxygen atoms in total. The van der Waals surface area contributed by atoms with E-state index in [0.717, 1.165) is 9.86 Å². The Kier molecular flexibility index (Phi) is 5.26. The van der Waals surface area contributed by atoms with E-state index in [-0.39, 0.29) is 6.10 Å². The predicted octanol–water partition coefficient (Wildman–Crippen LogP) is 3.52. The van der Waals surface area contributed by atoms with Gasteiger partial charge in [-0.15, -0.1) is 0 Å². The molecule has 0 aliphatic heterocycles. The third-order valence-corrected chi connectivity index (χ3v) is 4.19. The molecule has 1 aromatic rings. The van der Waals surface area contributed by atoms with Gasteiger partial charge in [-0.3, -0.25) is 0 Å². The molecule has 4 heteroatoms. The molecule has 0 aromatic heterocycles. The van der Waals surface area contributed by atoms with Gasteiger partial charge in [0.1, 0.15) is 0 Å². The first-order chi connectivity index (χ1) is 6.61. The van der Waals surface area contributed by atoms with E-state index >= 15 is 0 Å². The standard InChI is InChI=1S/C10H12O.2ClH.Ru/c1-9(2)11-8-10-6-4-3-5-7-10;;;/h3-7,9H,1-2H3;2*1H;/q;;;+2/p-2. The van der Waals surface area contributed by atoms with Crippen LogP contribution in [-0.4, -0.2) is 10.4 Å². The fraction of sp³-hybridized carbons (Fsp3) is 0.300. The van der Waals surface area contributed by atoms with Crippen molar-refractivity contribution in [1.82, 2.24) is 0 Å². The van der Waals surface area contributed by atoms with E-state index in [9.17, 15) is 0 Å². The number of hydrogen-bond acceptors (Lipinski definition) is 1. The second-order valence-electron chi connectivity index (χ2n) is 2.98. The Labute approximate surface area is 97.5 Å². The summed E-state index contributed by atoms with van der Waals surface area (Å²) in [5, 5.41) is 0. The molecule has 0 saturated heterocycles. The van der Waals surface area contributed by atoms with Gasteiger partial charge in [-0.2, -0.15) is 0 Å². The summed E-state index contributed by atoms with van der Waals surface area (Å²) in [6.07, 6.45) is 0.110. The van der Waals surface area contributed by atoms with Crippen LogP contribution in [0.1, 0.15) is 19.4 Å². The van der Waals surface area contributed by atoms with Crippen molar-refractivity contribution in [2.75, 3.05) is 0 Å². The molecule has 1 aromatic carbocycles. The number of rotatable bonds is 3. The molecule has 0 bridgehead atoms. The van der Waals surface area contributed by atoms with Crippen molar-refractivity contribution in [3.8, 4) is 0 Å². The van der Waals surface area contributed by atoms with Crippen molar-refractivity contribution < 1.29 is 18.3 Å². The number of ether oxygens (including phenoxy) is 1. The predicted molar refractivity (Wildman–Crippen MR) is 58.5 cm³/mol. The molecule has 0 atom stereocenters. The van der Waals surface area contributed by atoms with Crippen molar-refractivity contribution in [2.24, 2.45) is 0 Å². The summed E-state index contributed by atoms with van der Waals surface area (Å²) in [6.45, 7) is 3.93. The van der Waals surface area contributed by atoms with E-state index < -0.39 is 13.5 Å². The zero-order valence-corrected chi connectivity index (χ0v) is 11.2. The molecular formula is C10H12Cl2ORu. The molecule has 0 amide bonds. The minimum absolute atomic E-state index is 0.110.